The van der Waals surface area contributed by atoms with Gasteiger partial charge in [0, 0.05) is 5.56 Å². The fourth-order valence-corrected chi connectivity index (χ4v) is 2.35. The zero-order valence-corrected chi connectivity index (χ0v) is 16.2. The van der Waals surface area contributed by atoms with Crippen LogP contribution in [0.3, 0.4) is 0 Å². The second-order valence-corrected chi connectivity index (χ2v) is 5.51. The molecule has 2 aromatic carbocycles. The van der Waals surface area contributed by atoms with Crippen LogP contribution in [-0.4, -0.2) is 39.6 Å². The van der Waals surface area contributed by atoms with E-state index in [1.165, 1.54) is 6.21 Å². The Labute approximate surface area is 164 Å². The highest BCUT2D eigenvalue weighted by molar-refractivity contribution is 5.95. The first kappa shape index (κ1) is 20.8. The van der Waals surface area contributed by atoms with Crippen LogP contribution in [-0.2, 0) is 0 Å². The third-order valence-electron chi connectivity index (χ3n) is 3.65. The number of rotatable bonds is 10. The van der Waals surface area contributed by atoms with Gasteiger partial charge < -0.3 is 18.9 Å². The van der Waals surface area contributed by atoms with E-state index >= 15 is 0 Å². The highest BCUT2D eigenvalue weighted by Crippen LogP contribution is 2.29. The topological polar surface area (TPSA) is 78.4 Å². The number of carbonyl (C=O) groups excluding carboxylic acids is 1. The van der Waals surface area contributed by atoms with E-state index in [0.29, 0.717) is 41.8 Å². The third kappa shape index (κ3) is 5.51. The quantitative estimate of drug-likeness (QED) is 0.386. The van der Waals surface area contributed by atoms with Gasteiger partial charge in [0.15, 0.2) is 23.0 Å². The summed E-state index contributed by atoms with van der Waals surface area (Å²) in [4.78, 5) is 12.4. The van der Waals surface area contributed by atoms with Gasteiger partial charge in [0.2, 0.25) is 0 Å². The predicted molar refractivity (Wildman–Crippen MR) is 108 cm³/mol. The lowest BCUT2D eigenvalue weighted by Crippen LogP contribution is -2.17. The second kappa shape index (κ2) is 10.6. The first-order valence-electron chi connectivity index (χ1n) is 8.68. The number of nitrogens with zero attached hydrogens (tertiary/aromatic N) is 1. The Balaban J connectivity index is 2.08. The maximum atomic E-state index is 12.4. The van der Waals surface area contributed by atoms with Crippen LogP contribution >= 0.6 is 0 Å². The van der Waals surface area contributed by atoms with Crippen LogP contribution in [0.15, 0.2) is 54.2 Å². The minimum Gasteiger partial charge on any atom is -0.493 e. The van der Waals surface area contributed by atoms with Crippen molar-refractivity contribution in [2.75, 3.05) is 27.4 Å². The molecular weight excluding hydrogens is 360 g/mol. The van der Waals surface area contributed by atoms with Gasteiger partial charge in [-0.1, -0.05) is 12.7 Å². The fourth-order valence-electron chi connectivity index (χ4n) is 2.35. The molecule has 0 aliphatic carbocycles. The van der Waals surface area contributed by atoms with Crippen molar-refractivity contribution in [2.45, 2.75) is 6.92 Å². The molecule has 0 saturated carbocycles. The highest BCUT2D eigenvalue weighted by Gasteiger charge is 2.11. The molecule has 1 N–H and O–H groups in total. The number of amides is 1. The Morgan fingerprint density at radius 2 is 1.79 bits per heavy atom. The average Bonchev–Trinajstić information content (AvgIpc) is 2.72. The van der Waals surface area contributed by atoms with Crippen LogP contribution in [0.5, 0.6) is 23.0 Å². The van der Waals surface area contributed by atoms with Crippen molar-refractivity contribution in [1.29, 1.82) is 0 Å². The van der Waals surface area contributed by atoms with Gasteiger partial charge in [-0.2, -0.15) is 5.10 Å². The van der Waals surface area contributed by atoms with Crippen molar-refractivity contribution in [2.24, 2.45) is 5.10 Å². The van der Waals surface area contributed by atoms with E-state index in [-0.39, 0.29) is 5.91 Å². The number of nitrogens with one attached hydrogen (secondary N) is 1. The van der Waals surface area contributed by atoms with Crippen LogP contribution in [0.2, 0.25) is 0 Å². The molecule has 0 aromatic heterocycles. The van der Waals surface area contributed by atoms with E-state index in [1.54, 1.807) is 56.7 Å². The molecule has 0 aliphatic heterocycles. The van der Waals surface area contributed by atoms with Crippen LogP contribution in [0.4, 0.5) is 0 Å². The molecule has 2 rings (SSSR count). The van der Waals surface area contributed by atoms with Gasteiger partial charge in [-0.15, -0.1) is 0 Å². The van der Waals surface area contributed by atoms with E-state index in [2.05, 4.69) is 17.1 Å². The number of hydrogen-bond donors (Lipinski definition) is 1. The number of benzene rings is 2. The van der Waals surface area contributed by atoms with Gasteiger partial charge in [-0.25, -0.2) is 5.43 Å². The normalized spacial score (nSPS) is 10.4. The molecule has 0 fully saturated rings. The molecule has 0 unspecified atom stereocenters. The number of methoxy groups -OCH3 is 2. The van der Waals surface area contributed by atoms with E-state index in [0.717, 1.165) is 5.56 Å². The summed E-state index contributed by atoms with van der Waals surface area (Å²) in [7, 11) is 3.12. The van der Waals surface area contributed by atoms with E-state index < -0.39 is 0 Å². The Kier molecular flexibility index (Phi) is 7.90. The molecule has 0 bridgehead atoms. The minimum absolute atomic E-state index is 0.348. The second-order valence-electron chi connectivity index (χ2n) is 5.51. The van der Waals surface area contributed by atoms with Crippen LogP contribution < -0.4 is 24.4 Å². The molecule has 7 heteroatoms. The van der Waals surface area contributed by atoms with Crippen molar-refractivity contribution < 1.29 is 23.7 Å². The fraction of sp³-hybridized carbons (Fsp3) is 0.238. The summed E-state index contributed by atoms with van der Waals surface area (Å²) in [5.41, 5.74) is 3.64. The van der Waals surface area contributed by atoms with Gasteiger partial charge in [-0.05, 0) is 48.9 Å². The summed E-state index contributed by atoms with van der Waals surface area (Å²) in [6.45, 7) is 6.27. The first-order chi connectivity index (χ1) is 13.6. The van der Waals surface area contributed by atoms with Crippen LogP contribution in [0.1, 0.15) is 22.8 Å². The number of ether oxygens (including phenoxy) is 4. The van der Waals surface area contributed by atoms with Crippen molar-refractivity contribution in [3.05, 3.63) is 60.2 Å². The molecule has 7 nitrogen and oxygen atoms in total. The van der Waals surface area contributed by atoms with E-state index in [1.807, 2.05) is 6.92 Å². The lowest BCUT2D eigenvalue weighted by atomic mass is 10.2. The summed E-state index contributed by atoms with van der Waals surface area (Å²) in [5, 5.41) is 3.99. The lowest BCUT2D eigenvalue weighted by Gasteiger charge is -2.12. The monoisotopic (exact) mass is 384 g/mol. The smallest absolute Gasteiger partial charge is 0.271 e. The minimum atomic E-state index is -0.368. The zero-order chi connectivity index (χ0) is 20.4. The van der Waals surface area contributed by atoms with Crippen LogP contribution in [0.25, 0.3) is 0 Å². The number of hydrazone groups is 1. The molecule has 2 aromatic rings. The van der Waals surface area contributed by atoms with E-state index in [4.69, 9.17) is 18.9 Å². The summed E-state index contributed by atoms with van der Waals surface area (Å²) in [5.74, 6) is 1.86. The largest absolute Gasteiger partial charge is 0.493 e. The Morgan fingerprint density at radius 1 is 1.04 bits per heavy atom. The molecule has 148 valence electrons. The van der Waals surface area contributed by atoms with Gasteiger partial charge in [0.1, 0.15) is 6.61 Å². The summed E-state index contributed by atoms with van der Waals surface area (Å²) in [6.07, 6.45) is 3.16. The molecule has 28 heavy (non-hydrogen) atoms. The summed E-state index contributed by atoms with van der Waals surface area (Å²) in [6, 6.07) is 10.3. The Bertz CT molecular complexity index is 849. The standard InChI is InChI=1S/C21H24N2O5/c1-5-11-28-18-10-8-16(13-20(18)27-6-2)21(24)23-22-14-15-7-9-17(25-3)19(12-15)26-4/h5,7-10,12-14H,1,6,11H2,2-4H3,(H,23,24)/b22-14+. The summed E-state index contributed by atoms with van der Waals surface area (Å²) >= 11 is 0. The Hall–Kier alpha value is -3.48. The Morgan fingerprint density at radius 3 is 2.46 bits per heavy atom. The van der Waals surface area contributed by atoms with Gasteiger partial charge in [0.05, 0.1) is 27.0 Å². The molecule has 0 radical (unpaired) electrons. The van der Waals surface area contributed by atoms with Crippen molar-refractivity contribution in [3.8, 4) is 23.0 Å². The average molecular weight is 384 g/mol. The third-order valence-corrected chi connectivity index (χ3v) is 3.65. The van der Waals surface area contributed by atoms with Gasteiger partial charge in [-0.3, -0.25) is 4.79 Å². The SMILES string of the molecule is C=CCOc1ccc(C(=O)N/N=C/c2ccc(OC)c(OC)c2)cc1OCC. The van der Waals surface area contributed by atoms with Crippen molar-refractivity contribution in [3.63, 3.8) is 0 Å². The number of hydrogen-bond acceptors (Lipinski definition) is 6. The molecule has 0 saturated heterocycles. The molecule has 0 spiro atoms. The lowest BCUT2D eigenvalue weighted by molar-refractivity contribution is 0.0954. The van der Waals surface area contributed by atoms with Crippen molar-refractivity contribution >= 4 is 12.1 Å². The van der Waals surface area contributed by atoms with Crippen molar-refractivity contribution in [1.82, 2.24) is 5.43 Å². The highest BCUT2D eigenvalue weighted by atomic mass is 16.5. The van der Waals surface area contributed by atoms with Gasteiger partial charge >= 0.3 is 0 Å². The van der Waals surface area contributed by atoms with Gasteiger partial charge in [0.25, 0.3) is 5.91 Å². The predicted octanol–water partition coefficient (Wildman–Crippen LogP) is 3.43. The maximum Gasteiger partial charge on any atom is 0.271 e. The molecule has 0 aliphatic rings. The summed E-state index contributed by atoms with van der Waals surface area (Å²) < 4.78 is 21.5. The zero-order valence-electron chi connectivity index (χ0n) is 16.2. The molecule has 0 atom stereocenters. The molecule has 1 amide bonds. The number of carbonyl (C=O) groups is 1. The molecular formula is C21H24N2O5. The molecule has 0 heterocycles. The van der Waals surface area contributed by atoms with E-state index in [9.17, 15) is 4.79 Å². The van der Waals surface area contributed by atoms with Crippen LogP contribution in [0, 0.1) is 0 Å². The first-order valence-corrected chi connectivity index (χ1v) is 8.68. The maximum absolute atomic E-state index is 12.4.